The normalized spacial score (nSPS) is 10.7. The number of amides is 2. The van der Waals surface area contributed by atoms with E-state index < -0.39 is 22.5 Å². The summed E-state index contributed by atoms with van der Waals surface area (Å²) in [5.41, 5.74) is 0.0692. The molecular formula is C16H14N4O7. The van der Waals surface area contributed by atoms with Crippen LogP contribution in [-0.2, 0) is 11.3 Å². The van der Waals surface area contributed by atoms with Crippen LogP contribution in [0.15, 0.2) is 50.2 Å². The maximum absolute atomic E-state index is 12.0. The van der Waals surface area contributed by atoms with Crippen LogP contribution >= 0.6 is 0 Å². The summed E-state index contributed by atoms with van der Waals surface area (Å²) in [6.45, 7) is -0.0183. The second kappa shape index (κ2) is 7.56. The van der Waals surface area contributed by atoms with Crippen molar-refractivity contribution in [2.75, 3.05) is 13.1 Å². The number of nitrogens with one attached hydrogen (secondary N) is 2. The molecule has 2 aromatic heterocycles. The number of nitro groups is 1. The van der Waals surface area contributed by atoms with Crippen molar-refractivity contribution in [1.29, 1.82) is 0 Å². The first-order chi connectivity index (χ1) is 13.0. The lowest BCUT2D eigenvalue weighted by Gasteiger charge is -2.06. The SMILES string of the molecule is O=C(Cn1c(=O)oc2cc([N+](=O)[O-])ccc21)NCCNC(=O)c1ccco1. The lowest BCUT2D eigenvalue weighted by molar-refractivity contribution is -0.384. The van der Waals surface area contributed by atoms with E-state index in [2.05, 4.69) is 10.6 Å². The van der Waals surface area contributed by atoms with E-state index in [0.717, 1.165) is 10.6 Å². The first-order valence-electron chi connectivity index (χ1n) is 7.82. The van der Waals surface area contributed by atoms with E-state index in [-0.39, 0.29) is 42.2 Å². The lowest BCUT2D eigenvalue weighted by Crippen LogP contribution is -2.37. The van der Waals surface area contributed by atoms with Crippen LogP contribution in [0, 0.1) is 10.1 Å². The minimum Gasteiger partial charge on any atom is -0.459 e. The number of furan rings is 1. The number of fused-ring (bicyclic) bond motifs is 1. The standard InChI is InChI=1S/C16H14N4O7/c21-14(17-5-6-18-15(22)12-2-1-7-26-12)9-19-11-4-3-10(20(24)25)8-13(11)27-16(19)23/h1-4,7-8H,5-6,9H2,(H,17,21)(H,18,22). The van der Waals surface area contributed by atoms with E-state index in [4.69, 9.17) is 8.83 Å². The second-order valence-corrected chi connectivity index (χ2v) is 5.45. The van der Waals surface area contributed by atoms with Gasteiger partial charge in [0.15, 0.2) is 11.3 Å². The Balaban J connectivity index is 1.56. The molecule has 2 amide bonds. The van der Waals surface area contributed by atoms with Crippen LogP contribution in [0.3, 0.4) is 0 Å². The predicted molar refractivity (Wildman–Crippen MR) is 91.2 cm³/mol. The van der Waals surface area contributed by atoms with Crippen LogP contribution in [0.4, 0.5) is 5.69 Å². The minimum absolute atomic E-state index is 0.0210. The highest BCUT2D eigenvalue weighted by atomic mass is 16.6. The Morgan fingerprint density at radius 2 is 1.96 bits per heavy atom. The molecule has 1 aromatic carbocycles. The molecule has 27 heavy (non-hydrogen) atoms. The van der Waals surface area contributed by atoms with Gasteiger partial charge in [-0.25, -0.2) is 4.79 Å². The molecule has 3 rings (SSSR count). The molecule has 0 spiro atoms. The molecule has 0 radical (unpaired) electrons. The number of hydrogen-bond donors (Lipinski definition) is 2. The molecule has 0 unspecified atom stereocenters. The maximum Gasteiger partial charge on any atom is 0.420 e. The Kier molecular flexibility index (Phi) is 5.01. The lowest BCUT2D eigenvalue weighted by atomic mass is 10.3. The van der Waals surface area contributed by atoms with Gasteiger partial charge in [-0.15, -0.1) is 0 Å². The highest BCUT2D eigenvalue weighted by Crippen LogP contribution is 2.19. The Bertz CT molecular complexity index is 1050. The molecule has 0 bridgehead atoms. The van der Waals surface area contributed by atoms with Crippen LogP contribution < -0.4 is 16.4 Å². The van der Waals surface area contributed by atoms with E-state index >= 15 is 0 Å². The summed E-state index contributed by atoms with van der Waals surface area (Å²) in [7, 11) is 0. The second-order valence-electron chi connectivity index (χ2n) is 5.45. The molecule has 0 saturated heterocycles. The van der Waals surface area contributed by atoms with Crippen LogP contribution in [0.2, 0.25) is 0 Å². The van der Waals surface area contributed by atoms with Gasteiger partial charge >= 0.3 is 5.76 Å². The van der Waals surface area contributed by atoms with Crippen LogP contribution in [0.5, 0.6) is 0 Å². The quantitative estimate of drug-likeness (QED) is 0.350. The third-order valence-electron chi connectivity index (χ3n) is 3.64. The number of nitrogens with zero attached hydrogens (tertiary/aromatic N) is 2. The molecular weight excluding hydrogens is 360 g/mol. The Morgan fingerprint density at radius 3 is 2.67 bits per heavy atom. The molecule has 140 valence electrons. The third kappa shape index (κ3) is 4.03. The van der Waals surface area contributed by atoms with Crippen molar-refractivity contribution in [2.24, 2.45) is 0 Å². The van der Waals surface area contributed by atoms with Crippen LogP contribution in [-0.4, -0.2) is 34.4 Å². The summed E-state index contributed by atoms with van der Waals surface area (Å²) in [5.74, 6) is -1.53. The summed E-state index contributed by atoms with van der Waals surface area (Å²) >= 11 is 0. The zero-order chi connectivity index (χ0) is 19.4. The number of carbonyl (C=O) groups excluding carboxylic acids is 2. The van der Waals surface area contributed by atoms with Crippen LogP contribution in [0.25, 0.3) is 11.1 Å². The molecule has 0 atom stereocenters. The van der Waals surface area contributed by atoms with Crippen molar-refractivity contribution in [3.8, 4) is 0 Å². The summed E-state index contributed by atoms with van der Waals surface area (Å²) < 4.78 is 10.9. The van der Waals surface area contributed by atoms with Gasteiger partial charge in [0.1, 0.15) is 6.54 Å². The Labute approximate surface area is 150 Å². The number of nitro benzene ring substituents is 1. The summed E-state index contributed by atoms with van der Waals surface area (Å²) in [4.78, 5) is 45.7. The highest BCUT2D eigenvalue weighted by Gasteiger charge is 2.16. The number of carbonyl (C=O) groups is 2. The Hall–Kier alpha value is -3.89. The van der Waals surface area contributed by atoms with Crippen molar-refractivity contribution >= 4 is 28.6 Å². The topological polar surface area (TPSA) is 150 Å². The van der Waals surface area contributed by atoms with E-state index in [1.807, 2.05) is 0 Å². The fourth-order valence-corrected chi connectivity index (χ4v) is 2.39. The average Bonchev–Trinajstić information content (AvgIpc) is 3.27. The van der Waals surface area contributed by atoms with Gasteiger partial charge in [0, 0.05) is 19.2 Å². The van der Waals surface area contributed by atoms with Gasteiger partial charge < -0.3 is 19.5 Å². The molecule has 2 N–H and O–H groups in total. The van der Waals surface area contributed by atoms with Crippen molar-refractivity contribution in [3.63, 3.8) is 0 Å². The zero-order valence-corrected chi connectivity index (χ0v) is 13.8. The van der Waals surface area contributed by atoms with Gasteiger partial charge in [-0.1, -0.05) is 0 Å². The van der Waals surface area contributed by atoms with E-state index in [0.29, 0.717) is 0 Å². The number of benzene rings is 1. The number of non-ortho nitro benzene ring substituents is 1. The van der Waals surface area contributed by atoms with Gasteiger partial charge in [0.05, 0.1) is 22.8 Å². The van der Waals surface area contributed by atoms with Gasteiger partial charge in [0.2, 0.25) is 5.91 Å². The predicted octanol–water partition coefficient (Wildman–Crippen LogP) is 0.642. The molecule has 0 aliphatic carbocycles. The van der Waals surface area contributed by atoms with Crippen molar-refractivity contribution in [2.45, 2.75) is 6.54 Å². The fourth-order valence-electron chi connectivity index (χ4n) is 2.39. The summed E-state index contributed by atoms with van der Waals surface area (Å²) in [6, 6.07) is 6.77. The molecule has 0 saturated carbocycles. The summed E-state index contributed by atoms with van der Waals surface area (Å²) in [6.07, 6.45) is 1.37. The third-order valence-corrected chi connectivity index (χ3v) is 3.64. The number of hydrogen-bond acceptors (Lipinski definition) is 7. The van der Waals surface area contributed by atoms with Crippen molar-refractivity contribution in [3.05, 3.63) is 63.0 Å². The van der Waals surface area contributed by atoms with Crippen LogP contribution in [0.1, 0.15) is 10.6 Å². The number of oxazole rings is 1. The van der Waals surface area contributed by atoms with E-state index in [9.17, 15) is 24.5 Å². The summed E-state index contributed by atoms with van der Waals surface area (Å²) in [5, 5.41) is 15.9. The smallest absolute Gasteiger partial charge is 0.420 e. The Morgan fingerprint density at radius 1 is 1.19 bits per heavy atom. The van der Waals surface area contributed by atoms with E-state index in [1.54, 1.807) is 6.07 Å². The first kappa shape index (κ1) is 17.9. The van der Waals surface area contributed by atoms with Crippen molar-refractivity contribution < 1.29 is 23.3 Å². The molecule has 2 heterocycles. The largest absolute Gasteiger partial charge is 0.459 e. The fraction of sp³-hybridized carbons (Fsp3) is 0.188. The monoisotopic (exact) mass is 374 g/mol. The maximum atomic E-state index is 12.0. The zero-order valence-electron chi connectivity index (χ0n) is 13.8. The molecule has 11 nitrogen and oxygen atoms in total. The highest BCUT2D eigenvalue weighted by molar-refractivity contribution is 5.91. The number of rotatable bonds is 7. The molecule has 0 aliphatic heterocycles. The minimum atomic E-state index is -0.799. The van der Waals surface area contributed by atoms with Crippen molar-refractivity contribution in [1.82, 2.24) is 15.2 Å². The van der Waals surface area contributed by atoms with Gasteiger partial charge in [-0.3, -0.25) is 24.3 Å². The van der Waals surface area contributed by atoms with Gasteiger partial charge in [-0.2, -0.15) is 0 Å². The molecule has 0 fully saturated rings. The van der Waals surface area contributed by atoms with Gasteiger partial charge in [-0.05, 0) is 18.2 Å². The molecule has 11 heteroatoms. The van der Waals surface area contributed by atoms with Gasteiger partial charge in [0.25, 0.3) is 11.6 Å². The van der Waals surface area contributed by atoms with E-state index in [1.165, 1.54) is 24.5 Å². The number of aromatic nitrogens is 1. The molecule has 0 aliphatic rings. The average molecular weight is 374 g/mol. The first-order valence-corrected chi connectivity index (χ1v) is 7.82. The molecule has 3 aromatic rings.